The van der Waals surface area contributed by atoms with E-state index in [0.29, 0.717) is 40.2 Å². The van der Waals surface area contributed by atoms with Crippen LogP contribution in [0.25, 0.3) is 21.8 Å². The highest BCUT2D eigenvalue weighted by molar-refractivity contribution is 5.99. The molecule has 10 heteroatoms. The summed E-state index contributed by atoms with van der Waals surface area (Å²) < 4.78 is 0. The number of carbonyl (C=O) groups excluding carboxylic acids is 3. The summed E-state index contributed by atoms with van der Waals surface area (Å²) in [6.07, 6.45) is 3.74. The van der Waals surface area contributed by atoms with E-state index in [1.807, 2.05) is 54.6 Å². The zero-order valence-corrected chi connectivity index (χ0v) is 26.1. The second-order valence-corrected chi connectivity index (χ2v) is 12.0. The third-order valence-corrected chi connectivity index (χ3v) is 8.55. The van der Waals surface area contributed by atoms with Crippen molar-refractivity contribution in [2.75, 3.05) is 24.5 Å². The Balaban J connectivity index is 1.02. The zero-order valence-electron chi connectivity index (χ0n) is 26.1. The van der Waals surface area contributed by atoms with Gasteiger partial charge in [-0.1, -0.05) is 55.4 Å². The van der Waals surface area contributed by atoms with Crippen LogP contribution in [0.15, 0.2) is 84.9 Å². The highest BCUT2D eigenvalue weighted by atomic mass is 16.7. The Morgan fingerprint density at radius 3 is 2.33 bits per heavy atom. The lowest BCUT2D eigenvalue weighted by Crippen LogP contribution is -2.44. The fourth-order valence-corrected chi connectivity index (χ4v) is 5.89. The smallest absolute Gasteiger partial charge is 0.365 e. The maximum absolute atomic E-state index is 13.0. The number of benzene rings is 4. The van der Waals surface area contributed by atoms with Gasteiger partial charge in [-0.25, -0.2) is 4.79 Å². The first-order chi connectivity index (χ1) is 22.4. The normalized spacial score (nSPS) is 14.3. The predicted octanol–water partition coefficient (Wildman–Crippen LogP) is 5.42. The van der Waals surface area contributed by atoms with Gasteiger partial charge in [-0.05, 0) is 95.8 Å². The fourth-order valence-electron chi connectivity index (χ4n) is 5.89. The van der Waals surface area contributed by atoms with Crippen molar-refractivity contribution >= 4 is 45.3 Å². The van der Waals surface area contributed by atoms with Crippen LogP contribution in [0, 0.1) is 5.92 Å². The number of hydrogen-bond donors (Lipinski definition) is 2. The molecule has 0 radical (unpaired) electrons. The van der Waals surface area contributed by atoms with Gasteiger partial charge >= 0.3 is 5.97 Å². The van der Waals surface area contributed by atoms with Crippen molar-refractivity contribution in [2.45, 2.75) is 45.6 Å². The van der Waals surface area contributed by atoms with Gasteiger partial charge in [0.1, 0.15) is 11.0 Å². The molecule has 0 unspecified atom stereocenters. The Kier molecular flexibility index (Phi) is 9.23. The average molecular weight is 619 g/mol. The molecule has 0 aliphatic carbocycles. The van der Waals surface area contributed by atoms with E-state index in [2.05, 4.69) is 39.7 Å². The monoisotopic (exact) mass is 618 g/mol. The molecule has 6 rings (SSSR count). The molecule has 2 heterocycles. The number of rotatable bonds is 10. The topological polar surface area (TPSA) is 118 Å². The molecule has 46 heavy (non-hydrogen) atoms. The van der Waals surface area contributed by atoms with Crippen LogP contribution in [0.5, 0.6) is 0 Å². The van der Waals surface area contributed by atoms with Crippen molar-refractivity contribution in [1.82, 2.24) is 25.8 Å². The second kappa shape index (κ2) is 13.8. The van der Waals surface area contributed by atoms with Gasteiger partial charge in [0.25, 0.3) is 11.8 Å². The Bertz CT molecular complexity index is 1860. The fraction of sp³-hybridized carbons (Fsp3) is 0.306. The number of anilines is 1. The summed E-state index contributed by atoms with van der Waals surface area (Å²) in [6, 6.07) is 26.1. The molecule has 1 aromatic heterocycles. The Hall–Kier alpha value is -5.25. The van der Waals surface area contributed by atoms with Crippen LogP contribution >= 0.6 is 0 Å². The van der Waals surface area contributed by atoms with Gasteiger partial charge in [-0.3, -0.25) is 9.59 Å². The first-order valence-electron chi connectivity index (χ1n) is 15.9. The molecule has 1 saturated heterocycles. The number of piperidine rings is 1. The molecule has 1 atom stereocenters. The molecule has 1 fully saturated rings. The van der Waals surface area contributed by atoms with Crippen LogP contribution in [-0.4, -0.2) is 58.6 Å². The molecule has 1 aliphatic rings. The van der Waals surface area contributed by atoms with Crippen LogP contribution in [0.3, 0.4) is 0 Å². The van der Waals surface area contributed by atoms with Crippen LogP contribution in [0.2, 0.25) is 0 Å². The number of amides is 2. The molecule has 5 aromatic rings. The van der Waals surface area contributed by atoms with Gasteiger partial charge in [-0.15, -0.1) is 5.10 Å². The summed E-state index contributed by atoms with van der Waals surface area (Å²) in [6.45, 7) is 6.39. The lowest BCUT2D eigenvalue weighted by molar-refractivity contribution is 0.0408. The minimum atomic E-state index is -0.586. The van der Waals surface area contributed by atoms with Gasteiger partial charge in [0.15, 0.2) is 0 Å². The van der Waals surface area contributed by atoms with E-state index in [0.717, 1.165) is 60.1 Å². The third kappa shape index (κ3) is 7.01. The van der Waals surface area contributed by atoms with Gasteiger partial charge < -0.3 is 20.4 Å². The summed E-state index contributed by atoms with van der Waals surface area (Å²) in [5.74, 6) is -0.449. The van der Waals surface area contributed by atoms with E-state index >= 15 is 0 Å². The molecule has 10 nitrogen and oxygen atoms in total. The maximum Gasteiger partial charge on any atom is 0.365 e. The Morgan fingerprint density at radius 2 is 1.57 bits per heavy atom. The first-order valence-corrected chi connectivity index (χ1v) is 15.9. The van der Waals surface area contributed by atoms with Crippen molar-refractivity contribution < 1.29 is 19.2 Å². The molecule has 2 N–H and O–H groups in total. The lowest BCUT2D eigenvalue weighted by Gasteiger charge is -2.34. The number of aromatic nitrogens is 3. The Morgan fingerprint density at radius 1 is 0.870 bits per heavy atom. The molecular weight excluding hydrogens is 580 g/mol. The van der Waals surface area contributed by atoms with Crippen molar-refractivity contribution in [3.63, 3.8) is 0 Å². The number of nitrogens with zero attached hydrogens (tertiary/aromatic N) is 4. The first kappa shape index (κ1) is 30.8. The Labute approximate surface area is 267 Å². The minimum absolute atomic E-state index is 0.0521. The zero-order chi connectivity index (χ0) is 32.0. The maximum atomic E-state index is 13.0. The molecular formula is C36H38N6O4. The summed E-state index contributed by atoms with van der Waals surface area (Å²) >= 11 is 0. The highest BCUT2D eigenvalue weighted by Gasteiger charge is 2.22. The number of hydrogen-bond acceptors (Lipinski definition) is 7. The quantitative estimate of drug-likeness (QED) is 0.201. The van der Waals surface area contributed by atoms with Gasteiger partial charge in [0.05, 0.1) is 5.56 Å². The average Bonchev–Trinajstić information content (AvgIpc) is 3.49. The van der Waals surface area contributed by atoms with Crippen molar-refractivity contribution in [1.29, 1.82) is 0 Å². The summed E-state index contributed by atoms with van der Waals surface area (Å²) in [5.41, 5.74) is 3.40. The second-order valence-electron chi connectivity index (χ2n) is 12.0. The van der Waals surface area contributed by atoms with E-state index in [9.17, 15) is 14.4 Å². The molecule has 0 bridgehead atoms. The van der Waals surface area contributed by atoms with E-state index in [-0.39, 0.29) is 17.9 Å². The predicted molar refractivity (Wildman–Crippen MR) is 178 cm³/mol. The van der Waals surface area contributed by atoms with E-state index < -0.39 is 5.97 Å². The van der Waals surface area contributed by atoms with E-state index in [1.54, 1.807) is 30.3 Å². The molecule has 2 amide bonds. The van der Waals surface area contributed by atoms with Crippen LogP contribution in [-0.2, 0) is 0 Å². The van der Waals surface area contributed by atoms with Crippen LogP contribution in [0.1, 0.15) is 70.6 Å². The standard InChI is InChI=1S/C36H38N6O4/c1-3-6-24(2)23-37-34(43)29-13-16-32-33(22-29)42(40-39-32)46-36(45)26-11-14-31(15-12-26)41-19-17-30(18-20-41)38-35(44)28-10-9-25-7-4-5-8-27(25)21-28/h4-5,7-16,21-22,24,30H,3,6,17-20,23H2,1-2H3,(H,37,43)(H,38,44)/t24-/m0/s1. The highest BCUT2D eigenvalue weighted by Crippen LogP contribution is 2.22. The van der Waals surface area contributed by atoms with Crippen LogP contribution < -0.4 is 20.4 Å². The summed E-state index contributed by atoms with van der Waals surface area (Å²) in [5, 5.41) is 16.3. The SMILES string of the molecule is CCC[C@H](C)CNC(=O)c1ccc2nnn(OC(=O)c3ccc(N4CCC(NC(=O)c5ccc6ccccc6c5)CC4)cc3)c2c1. The lowest BCUT2D eigenvalue weighted by atomic mass is 10.0. The third-order valence-electron chi connectivity index (χ3n) is 8.55. The van der Waals surface area contributed by atoms with Gasteiger partial charge in [0.2, 0.25) is 0 Å². The van der Waals surface area contributed by atoms with Gasteiger partial charge in [-0.2, -0.15) is 0 Å². The summed E-state index contributed by atoms with van der Waals surface area (Å²) in [7, 11) is 0. The largest absolute Gasteiger partial charge is 0.371 e. The van der Waals surface area contributed by atoms with Crippen molar-refractivity contribution in [2.24, 2.45) is 5.92 Å². The number of fused-ring (bicyclic) bond motifs is 2. The van der Waals surface area contributed by atoms with E-state index in [4.69, 9.17) is 4.84 Å². The minimum Gasteiger partial charge on any atom is -0.371 e. The molecule has 4 aromatic carbocycles. The molecule has 1 aliphatic heterocycles. The van der Waals surface area contributed by atoms with Crippen molar-refractivity contribution in [3.8, 4) is 0 Å². The number of nitrogens with one attached hydrogen (secondary N) is 2. The van der Waals surface area contributed by atoms with Gasteiger partial charge in [0, 0.05) is 42.5 Å². The molecule has 0 spiro atoms. The van der Waals surface area contributed by atoms with Crippen LogP contribution in [0.4, 0.5) is 5.69 Å². The number of carbonyl (C=O) groups is 3. The summed E-state index contributed by atoms with van der Waals surface area (Å²) in [4.78, 5) is 47.4. The molecule has 236 valence electrons. The van der Waals surface area contributed by atoms with E-state index in [1.165, 1.54) is 0 Å². The molecule has 0 saturated carbocycles. The van der Waals surface area contributed by atoms with Crippen molar-refractivity contribution in [3.05, 3.63) is 102 Å².